The molecule has 0 saturated heterocycles. The van der Waals surface area contributed by atoms with Crippen LogP contribution in [0.15, 0.2) is 0 Å². The molecule has 8 heavy (non-hydrogen) atoms. The molecule has 0 bridgehead atoms. The third-order valence-corrected chi connectivity index (χ3v) is 1.58. The van der Waals surface area contributed by atoms with Crippen LogP contribution in [0.3, 0.4) is 0 Å². The van der Waals surface area contributed by atoms with Gasteiger partial charge in [-0.3, -0.25) is 0 Å². The van der Waals surface area contributed by atoms with E-state index in [9.17, 15) is 0 Å². The molecule has 50 valence electrons. The van der Waals surface area contributed by atoms with Crippen LogP contribution in [0.5, 0.6) is 0 Å². The maximum Gasteiger partial charge on any atom is 0.0210 e. The highest BCUT2D eigenvalue weighted by Gasteiger charge is 2.07. The van der Waals surface area contributed by atoms with E-state index in [1.165, 1.54) is 0 Å². The summed E-state index contributed by atoms with van der Waals surface area (Å²) in [5, 5.41) is 0. The topological polar surface area (TPSA) is 29.3 Å². The number of rotatable bonds is 2. The van der Waals surface area contributed by atoms with Crippen molar-refractivity contribution in [1.82, 2.24) is 4.90 Å². The molecule has 0 rings (SSSR count). The average molecular weight is 116 g/mol. The van der Waals surface area contributed by atoms with Crippen molar-refractivity contribution in [3.8, 4) is 0 Å². The second kappa shape index (κ2) is 3.05. The molecule has 0 saturated carbocycles. The Bertz CT molecular complexity index is 51.5. The van der Waals surface area contributed by atoms with Crippen molar-refractivity contribution in [2.75, 3.05) is 14.1 Å². The fourth-order valence-electron chi connectivity index (χ4n) is 0.470. The Morgan fingerprint density at radius 3 is 1.62 bits per heavy atom. The van der Waals surface area contributed by atoms with E-state index in [1.807, 2.05) is 21.0 Å². The van der Waals surface area contributed by atoms with E-state index in [0.717, 1.165) is 0 Å². The summed E-state index contributed by atoms with van der Waals surface area (Å²) in [5.74, 6) is 0. The largest absolute Gasteiger partial charge is 0.327 e. The van der Waals surface area contributed by atoms with Gasteiger partial charge < -0.3 is 10.6 Å². The lowest BCUT2D eigenvalue weighted by Crippen LogP contribution is -2.39. The molecule has 0 aromatic rings. The zero-order valence-electron chi connectivity index (χ0n) is 6.18. The SMILES string of the molecule is CC(N)[C@@H](C)N(C)C. The lowest BCUT2D eigenvalue weighted by Gasteiger charge is -2.22. The fourth-order valence-corrected chi connectivity index (χ4v) is 0.470. The maximum atomic E-state index is 5.60. The summed E-state index contributed by atoms with van der Waals surface area (Å²) in [6, 6.07) is 0.750. The predicted octanol–water partition coefficient (Wildman–Crippen LogP) is 0.284. The summed E-state index contributed by atoms with van der Waals surface area (Å²) < 4.78 is 0. The lowest BCUT2D eigenvalue weighted by molar-refractivity contribution is 0.281. The highest BCUT2D eigenvalue weighted by atomic mass is 15.1. The molecule has 0 heterocycles. The van der Waals surface area contributed by atoms with Crippen LogP contribution >= 0.6 is 0 Å². The summed E-state index contributed by atoms with van der Waals surface area (Å²) in [4.78, 5) is 2.12. The van der Waals surface area contributed by atoms with Gasteiger partial charge in [0.2, 0.25) is 0 Å². The monoisotopic (exact) mass is 116 g/mol. The van der Waals surface area contributed by atoms with Crippen molar-refractivity contribution in [2.45, 2.75) is 25.9 Å². The first-order chi connectivity index (χ1) is 3.55. The van der Waals surface area contributed by atoms with Gasteiger partial charge in [0.05, 0.1) is 0 Å². The van der Waals surface area contributed by atoms with E-state index < -0.39 is 0 Å². The van der Waals surface area contributed by atoms with E-state index >= 15 is 0 Å². The predicted molar refractivity (Wildman–Crippen MR) is 36.8 cm³/mol. The van der Waals surface area contributed by atoms with Gasteiger partial charge in [-0.25, -0.2) is 0 Å². The molecular weight excluding hydrogens is 100 g/mol. The molecule has 0 aliphatic carbocycles. The summed E-state index contributed by atoms with van der Waals surface area (Å²) in [6.45, 7) is 4.13. The van der Waals surface area contributed by atoms with Crippen molar-refractivity contribution in [2.24, 2.45) is 5.73 Å². The molecular formula is C6H16N2. The van der Waals surface area contributed by atoms with Crippen LogP contribution in [-0.2, 0) is 0 Å². The number of nitrogens with two attached hydrogens (primary N) is 1. The Kier molecular flexibility index (Phi) is 3.02. The van der Waals surface area contributed by atoms with Gasteiger partial charge in [0.1, 0.15) is 0 Å². The molecule has 0 aliphatic rings. The Morgan fingerprint density at radius 1 is 1.25 bits per heavy atom. The zero-order chi connectivity index (χ0) is 6.73. The van der Waals surface area contributed by atoms with Crippen molar-refractivity contribution < 1.29 is 0 Å². The smallest absolute Gasteiger partial charge is 0.0210 e. The molecule has 2 atom stereocenters. The first-order valence-electron chi connectivity index (χ1n) is 2.97. The molecule has 0 aliphatic heterocycles. The van der Waals surface area contributed by atoms with Gasteiger partial charge in [-0.1, -0.05) is 0 Å². The normalized spacial score (nSPS) is 18.8. The number of likely N-dealkylation sites (N-methyl/N-ethyl adjacent to an activating group) is 1. The molecule has 0 spiro atoms. The minimum absolute atomic E-state index is 0.269. The molecule has 0 aromatic heterocycles. The zero-order valence-corrected chi connectivity index (χ0v) is 6.18. The molecule has 2 nitrogen and oxygen atoms in total. The Morgan fingerprint density at radius 2 is 1.62 bits per heavy atom. The highest BCUT2D eigenvalue weighted by Crippen LogP contribution is 1.93. The third-order valence-electron chi connectivity index (χ3n) is 1.58. The minimum Gasteiger partial charge on any atom is -0.327 e. The first kappa shape index (κ1) is 7.92. The van der Waals surface area contributed by atoms with Crippen molar-refractivity contribution >= 4 is 0 Å². The summed E-state index contributed by atoms with van der Waals surface area (Å²) in [5.41, 5.74) is 5.60. The van der Waals surface area contributed by atoms with Gasteiger partial charge in [0.15, 0.2) is 0 Å². The number of nitrogens with zero attached hydrogens (tertiary/aromatic N) is 1. The Labute approximate surface area is 51.7 Å². The summed E-state index contributed by atoms with van der Waals surface area (Å²) in [7, 11) is 4.07. The lowest BCUT2D eigenvalue weighted by atomic mass is 10.2. The van der Waals surface area contributed by atoms with Crippen LogP contribution in [0.1, 0.15) is 13.8 Å². The fraction of sp³-hybridized carbons (Fsp3) is 1.00. The minimum atomic E-state index is 0.269. The second-order valence-electron chi connectivity index (χ2n) is 2.56. The summed E-state index contributed by atoms with van der Waals surface area (Å²) >= 11 is 0. The van der Waals surface area contributed by atoms with Gasteiger partial charge in [-0.05, 0) is 27.9 Å². The third kappa shape index (κ3) is 2.28. The van der Waals surface area contributed by atoms with E-state index in [2.05, 4.69) is 11.8 Å². The number of hydrogen-bond donors (Lipinski definition) is 1. The van der Waals surface area contributed by atoms with Gasteiger partial charge in [0, 0.05) is 12.1 Å². The first-order valence-corrected chi connectivity index (χ1v) is 2.97. The molecule has 2 heteroatoms. The number of hydrogen-bond acceptors (Lipinski definition) is 2. The average Bonchev–Trinajstić information content (AvgIpc) is 1.64. The van der Waals surface area contributed by atoms with Gasteiger partial charge in [-0.15, -0.1) is 0 Å². The Hall–Kier alpha value is -0.0800. The molecule has 2 N–H and O–H groups in total. The Balaban J connectivity index is 3.46. The van der Waals surface area contributed by atoms with Crippen LogP contribution in [0, 0.1) is 0 Å². The van der Waals surface area contributed by atoms with Crippen LogP contribution in [0.4, 0.5) is 0 Å². The van der Waals surface area contributed by atoms with Crippen molar-refractivity contribution in [3.05, 3.63) is 0 Å². The molecule has 0 radical (unpaired) electrons. The summed E-state index contributed by atoms with van der Waals surface area (Å²) in [6.07, 6.45) is 0. The molecule has 0 fully saturated rings. The van der Waals surface area contributed by atoms with Gasteiger partial charge >= 0.3 is 0 Å². The van der Waals surface area contributed by atoms with E-state index in [4.69, 9.17) is 5.73 Å². The van der Waals surface area contributed by atoms with Crippen LogP contribution in [0.2, 0.25) is 0 Å². The van der Waals surface area contributed by atoms with Crippen LogP contribution in [0.25, 0.3) is 0 Å². The quantitative estimate of drug-likeness (QED) is 0.561. The van der Waals surface area contributed by atoms with Crippen molar-refractivity contribution in [3.63, 3.8) is 0 Å². The van der Waals surface area contributed by atoms with Gasteiger partial charge in [-0.2, -0.15) is 0 Å². The van der Waals surface area contributed by atoms with E-state index in [0.29, 0.717) is 6.04 Å². The van der Waals surface area contributed by atoms with Crippen LogP contribution < -0.4 is 5.73 Å². The van der Waals surface area contributed by atoms with Crippen LogP contribution in [-0.4, -0.2) is 31.1 Å². The van der Waals surface area contributed by atoms with Crippen molar-refractivity contribution in [1.29, 1.82) is 0 Å². The standard InChI is InChI=1S/C6H16N2/c1-5(7)6(2)8(3)4/h5-6H,7H2,1-4H3/t5?,6-/m1/s1. The highest BCUT2D eigenvalue weighted by molar-refractivity contribution is 4.68. The van der Waals surface area contributed by atoms with Gasteiger partial charge in [0.25, 0.3) is 0 Å². The van der Waals surface area contributed by atoms with E-state index in [1.54, 1.807) is 0 Å². The second-order valence-corrected chi connectivity index (χ2v) is 2.56. The molecule has 0 aromatic carbocycles. The maximum absolute atomic E-state index is 5.60. The molecule has 1 unspecified atom stereocenters. The molecule has 0 amide bonds. The van der Waals surface area contributed by atoms with E-state index in [-0.39, 0.29) is 6.04 Å².